The Hall–Kier alpha value is -1.67. The molecule has 0 radical (unpaired) electrons. The first-order valence-electron chi connectivity index (χ1n) is 8.90. The van der Waals surface area contributed by atoms with E-state index in [1.807, 2.05) is 0 Å². The molecule has 9 heteroatoms. The van der Waals surface area contributed by atoms with E-state index in [4.69, 9.17) is 27.7 Å². The summed E-state index contributed by atoms with van der Waals surface area (Å²) in [5.41, 5.74) is 1.10. The minimum absolute atomic E-state index is 0.222. The van der Waals surface area contributed by atoms with E-state index in [0.29, 0.717) is 34.8 Å². The second-order valence-corrected chi connectivity index (χ2v) is 8.11. The third kappa shape index (κ3) is 3.96. The van der Waals surface area contributed by atoms with Gasteiger partial charge in [0.2, 0.25) is 0 Å². The summed E-state index contributed by atoms with van der Waals surface area (Å²) in [6.07, 6.45) is 5.37. The first-order valence-corrected chi connectivity index (χ1v) is 9.66. The number of nitrogens with zero attached hydrogens (tertiary/aromatic N) is 3. The molecule has 144 valence electrons. The van der Waals surface area contributed by atoms with E-state index in [2.05, 4.69) is 20.4 Å². The molecule has 0 bridgehead atoms. The monoisotopic (exact) mass is 410 g/mol. The van der Waals surface area contributed by atoms with Crippen LogP contribution in [0.3, 0.4) is 0 Å². The molecule has 3 heterocycles. The Labute approximate surface area is 166 Å². The van der Waals surface area contributed by atoms with Crippen molar-refractivity contribution in [2.75, 3.05) is 13.1 Å². The van der Waals surface area contributed by atoms with Gasteiger partial charge in [-0.05, 0) is 24.7 Å². The predicted molar refractivity (Wildman–Crippen MR) is 99.5 cm³/mol. The van der Waals surface area contributed by atoms with Crippen LogP contribution in [-0.2, 0) is 6.54 Å². The molecule has 2 aliphatic rings. The largest absolute Gasteiger partial charge is 0.391 e. The van der Waals surface area contributed by atoms with E-state index in [1.54, 1.807) is 12.4 Å². The van der Waals surface area contributed by atoms with Gasteiger partial charge in [0.1, 0.15) is 6.26 Å². The van der Waals surface area contributed by atoms with Gasteiger partial charge in [0.25, 0.3) is 5.91 Å². The zero-order valence-corrected chi connectivity index (χ0v) is 16.0. The Balaban J connectivity index is 1.39. The molecule has 7 nitrogen and oxygen atoms in total. The fourth-order valence-electron chi connectivity index (χ4n) is 4.20. The molecule has 1 aliphatic heterocycles. The fourth-order valence-corrected chi connectivity index (χ4v) is 4.68. The number of aromatic nitrogens is 2. The van der Waals surface area contributed by atoms with Crippen LogP contribution in [0.2, 0.25) is 10.0 Å². The topological polar surface area (TPSA) is 91.5 Å². The summed E-state index contributed by atoms with van der Waals surface area (Å²) < 4.78 is 4.70. The van der Waals surface area contributed by atoms with Gasteiger partial charge in [-0.1, -0.05) is 28.4 Å². The van der Waals surface area contributed by atoms with Crippen molar-refractivity contribution < 1.29 is 14.4 Å². The molecule has 0 aromatic carbocycles. The van der Waals surface area contributed by atoms with Crippen LogP contribution in [0, 0.1) is 11.8 Å². The van der Waals surface area contributed by atoms with Crippen molar-refractivity contribution in [1.29, 1.82) is 0 Å². The number of carbonyl (C=O) groups excluding carboxylic acids is 1. The van der Waals surface area contributed by atoms with E-state index in [1.165, 1.54) is 12.3 Å². The van der Waals surface area contributed by atoms with Crippen LogP contribution in [-0.4, -0.2) is 51.3 Å². The highest BCUT2D eigenvalue weighted by Gasteiger charge is 2.42. The Morgan fingerprint density at radius 3 is 2.63 bits per heavy atom. The molecular formula is C18H20Cl2N4O3. The van der Waals surface area contributed by atoms with Crippen molar-refractivity contribution in [3.8, 4) is 0 Å². The maximum atomic E-state index is 12.2. The number of carbonyl (C=O) groups is 1. The number of fused-ring (bicyclic) bond motifs is 1. The maximum absolute atomic E-state index is 12.2. The average Bonchev–Trinajstić information content (AvgIpc) is 3.28. The molecule has 2 aromatic rings. The van der Waals surface area contributed by atoms with Crippen LogP contribution in [0.1, 0.15) is 28.9 Å². The number of hydrogen-bond donors (Lipinski definition) is 2. The lowest BCUT2D eigenvalue weighted by Crippen LogP contribution is -2.49. The van der Waals surface area contributed by atoms with Crippen molar-refractivity contribution in [1.82, 2.24) is 20.4 Å². The molecule has 1 aliphatic carbocycles. The number of hydrogen-bond acceptors (Lipinski definition) is 6. The Morgan fingerprint density at radius 2 is 1.96 bits per heavy atom. The molecule has 2 fully saturated rings. The second-order valence-electron chi connectivity index (χ2n) is 7.30. The zero-order chi connectivity index (χ0) is 19.0. The third-order valence-corrected chi connectivity index (χ3v) is 6.19. The van der Waals surface area contributed by atoms with Crippen LogP contribution in [0.5, 0.6) is 0 Å². The molecule has 0 spiro atoms. The van der Waals surface area contributed by atoms with Gasteiger partial charge in [0.05, 0.1) is 22.2 Å². The van der Waals surface area contributed by atoms with Gasteiger partial charge < -0.3 is 14.9 Å². The molecular weight excluding hydrogens is 391 g/mol. The van der Waals surface area contributed by atoms with Gasteiger partial charge >= 0.3 is 0 Å². The van der Waals surface area contributed by atoms with Crippen LogP contribution < -0.4 is 5.32 Å². The highest BCUT2D eigenvalue weighted by atomic mass is 35.5. The lowest BCUT2D eigenvalue weighted by atomic mass is 9.77. The number of nitrogens with one attached hydrogen (secondary N) is 1. The van der Waals surface area contributed by atoms with E-state index >= 15 is 0 Å². The summed E-state index contributed by atoms with van der Waals surface area (Å²) in [6.45, 7) is 2.41. The fraction of sp³-hybridized carbons (Fsp3) is 0.500. The molecule has 1 amide bonds. The number of aliphatic hydroxyl groups is 1. The second kappa shape index (κ2) is 7.75. The SMILES string of the molecule is O=C(N[C@H]1C[C@H]2CN(Cc3c(Cl)cncc3Cl)C[C@H]2C[C@@H]1O)c1ccon1. The highest BCUT2D eigenvalue weighted by molar-refractivity contribution is 6.35. The van der Waals surface area contributed by atoms with E-state index in [-0.39, 0.29) is 17.6 Å². The molecule has 2 aromatic heterocycles. The Kier molecular flexibility index (Phi) is 5.36. The molecule has 0 unspecified atom stereocenters. The van der Waals surface area contributed by atoms with Crippen LogP contribution in [0.15, 0.2) is 29.2 Å². The van der Waals surface area contributed by atoms with Crippen molar-refractivity contribution in [3.63, 3.8) is 0 Å². The van der Waals surface area contributed by atoms with Crippen LogP contribution >= 0.6 is 23.2 Å². The number of aliphatic hydroxyl groups excluding tert-OH is 1. The summed E-state index contributed by atoms with van der Waals surface area (Å²) in [5.74, 6) is 0.464. The first kappa shape index (κ1) is 18.7. The van der Waals surface area contributed by atoms with Crippen molar-refractivity contribution in [3.05, 3.63) is 46.0 Å². The highest BCUT2D eigenvalue weighted by Crippen LogP contribution is 2.38. The smallest absolute Gasteiger partial charge is 0.273 e. The summed E-state index contributed by atoms with van der Waals surface area (Å²) >= 11 is 12.5. The average molecular weight is 411 g/mol. The molecule has 4 atom stereocenters. The van der Waals surface area contributed by atoms with E-state index in [0.717, 1.165) is 25.1 Å². The normalized spacial score (nSPS) is 28.1. The van der Waals surface area contributed by atoms with Crippen molar-refractivity contribution >= 4 is 29.1 Å². The van der Waals surface area contributed by atoms with Gasteiger partial charge in [-0.2, -0.15) is 0 Å². The Bertz CT molecular complexity index is 797. The van der Waals surface area contributed by atoms with Crippen LogP contribution in [0.4, 0.5) is 0 Å². The molecule has 1 saturated heterocycles. The standard InChI is InChI=1S/C18H20Cl2N4O3/c19-13-5-21-6-14(20)12(13)9-24-7-10-3-16(17(25)4-11(10)8-24)22-18(26)15-1-2-27-23-15/h1-2,5-6,10-11,16-17,25H,3-4,7-9H2,(H,22,26)/t10-,11+,16-,17-/m0/s1. The van der Waals surface area contributed by atoms with E-state index < -0.39 is 6.10 Å². The Morgan fingerprint density at radius 1 is 1.26 bits per heavy atom. The van der Waals surface area contributed by atoms with Gasteiger partial charge in [-0.3, -0.25) is 14.7 Å². The summed E-state index contributed by atoms with van der Waals surface area (Å²) in [5, 5.41) is 18.2. The number of likely N-dealkylation sites (tertiary alicyclic amines) is 1. The zero-order valence-electron chi connectivity index (χ0n) is 14.5. The maximum Gasteiger partial charge on any atom is 0.273 e. The van der Waals surface area contributed by atoms with Gasteiger partial charge in [0, 0.05) is 43.7 Å². The summed E-state index contributed by atoms with van der Waals surface area (Å²) in [7, 11) is 0. The van der Waals surface area contributed by atoms with Crippen LogP contribution in [0.25, 0.3) is 0 Å². The number of pyridine rings is 1. The number of rotatable bonds is 4. The summed E-state index contributed by atoms with van der Waals surface area (Å²) in [6, 6.07) is 1.22. The number of amides is 1. The summed E-state index contributed by atoms with van der Waals surface area (Å²) in [4.78, 5) is 18.5. The van der Waals surface area contributed by atoms with Crippen molar-refractivity contribution in [2.24, 2.45) is 11.8 Å². The third-order valence-electron chi connectivity index (χ3n) is 5.54. The van der Waals surface area contributed by atoms with Gasteiger partial charge in [-0.25, -0.2) is 0 Å². The molecule has 4 rings (SSSR count). The van der Waals surface area contributed by atoms with Gasteiger partial charge in [-0.15, -0.1) is 0 Å². The predicted octanol–water partition coefficient (Wildman–Crippen LogP) is 2.38. The minimum atomic E-state index is -0.574. The van der Waals surface area contributed by atoms with Crippen molar-refractivity contribution in [2.45, 2.75) is 31.5 Å². The lowest BCUT2D eigenvalue weighted by Gasteiger charge is -2.35. The quantitative estimate of drug-likeness (QED) is 0.803. The first-order chi connectivity index (χ1) is 13.0. The number of halogens is 2. The molecule has 27 heavy (non-hydrogen) atoms. The minimum Gasteiger partial charge on any atom is -0.391 e. The van der Waals surface area contributed by atoms with Gasteiger partial charge in [0.15, 0.2) is 5.69 Å². The van der Waals surface area contributed by atoms with E-state index in [9.17, 15) is 9.90 Å². The lowest BCUT2D eigenvalue weighted by molar-refractivity contribution is 0.0458. The molecule has 1 saturated carbocycles. The molecule has 2 N–H and O–H groups in total.